The lowest BCUT2D eigenvalue weighted by atomic mass is 10.1. The van der Waals surface area contributed by atoms with E-state index < -0.39 is 0 Å². The van der Waals surface area contributed by atoms with Gasteiger partial charge in [0.25, 0.3) is 5.56 Å². The van der Waals surface area contributed by atoms with Crippen LogP contribution in [0.25, 0.3) is 5.65 Å². The Balaban J connectivity index is 1.80. The zero-order valence-electron chi connectivity index (χ0n) is 17.3. The predicted octanol–water partition coefficient (Wildman–Crippen LogP) is 5.66. The lowest BCUT2D eigenvalue weighted by Crippen LogP contribution is -2.21. The Hall–Kier alpha value is -3.18. The van der Waals surface area contributed by atoms with Gasteiger partial charge in [-0.05, 0) is 49.6 Å². The molecule has 0 amide bonds. The van der Waals surface area contributed by atoms with Crippen molar-refractivity contribution in [1.29, 1.82) is 0 Å². The Morgan fingerprint density at radius 3 is 2.57 bits per heavy atom. The number of rotatable bonds is 5. The molecule has 4 rings (SSSR count). The lowest BCUT2D eigenvalue weighted by molar-refractivity contribution is 0.967. The molecule has 5 heteroatoms. The van der Waals surface area contributed by atoms with Gasteiger partial charge in [0.1, 0.15) is 10.7 Å². The lowest BCUT2D eigenvalue weighted by Gasteiger charge is -2.10. The van der Waals surface area contributed by atoms with E-state index in [0.717, 1.165) is 22.6 Å². The van der Waals surface area contributed by atoms with Crippen molar-refractivity contribution in [2.75, 3.05) is 0 Å². The molecule has 0 fully saturated rings. The van der Waals surface area contributed by atoms with Gasteiger partial charge in [0.15, 0.2) is 0 Å². The van der Waals surface area contributed by atoms with Gasteiger partial charge in [-0.3, -0.25) is 14.2 Å². The largest absolute Gasteiger partial charge is 0.268 e. The molecule has 0 aliphatic carbocycles. The summed E-state index contributed by atoms with van der Waals surface area (Å²) in [5.74, 6) is 0.736. The average Bonchev–Trinajstić information content (AvgIpc) is 2.74. The van der Waals surface area contributed by atoms with Crippen LogP contribution in [0.3, 0.4) is 0 Å². The van der Waals surface area contributed by atoms with Crippen molar-refractivity contribution < 1.29 is 0 Å². The van der Waals surface area contributed by atoms with Gasteiger partial charge < -0.3 is 0 Å². The van der Waals surface area contributed by atoms with E-state index in [4.69, 9.17) is 4.98 Å². The first-order valence-electron chi connectivity index (χ1n) is 9.83. The van der Waals surface area contributed by atoms with E-state index >= 15 is 0 Å². The van der Waals surface area contributed by atoms with Crippen LogP contribution in [0.1, 0.15) is 27.8 Å². The van der Waals surface area contributed by atoms with Crippen molar-refractivity contribution >= 4 is 29.3 Å². The van der Waals surface area contributed by atoms with Gasteiger partial charge in [-0.1, -0.05) is 54.1 Å². The molecule has 0 N–H and O–H groups in total. The highest BCUT2D eigenvalue weighted by atomic mass is 32.2. The van der Waals surface area contributed by atoms with Crippen LogP contribution in [0.4, 0.5) is 5.69 Å². The number of aliphatic imine (C=N–C) groups is 1. The van der Waals surface area contributed by atoms with Gasteiger partial charge >= 0.3 is 0 Å². The van der Waals surface area contributed by atoms with Crippen molar-refractivity contribution in [1.82, 2.24) is 9.38 Å². The standard InChI is InChI=1S/C25H23N3OS/c1-17-11-12-22(19(3)14-17)26-15-21-24(30-16-20-9-5-4-6-10-20)27-23-18(2)8-7-13-28(23)25(21)29/h4-15H,16H2,1-3H3. The van der Waals surface area contributed by atoms with E-state index in [1.165, 1.54) is 11.1 Å². The maximum atomic E-state index is 13.3. The van der Waals surface area contributed by atoms with Gasteiger partial charge in [-0.15, -0.1) is 11.8 Å². The molecular weight excluding hydrogens is 390 g/mol. The minimum Gasteiger partial charge on any atom is -0.268 e. The third kappa shape index (κ3) is 4.21. The van der Waals surface area contributed by atoms with E-state index in [0.29, 0.717) is 16.2 Å². The summed E-state index contributed by atoms with van der Waals surface area (Å²) < 4.78 is 1.60. The third-order valence-corrected chi connectivity index (χ3v) is 6.02. The Kier molecular flexibility index (Phi) is 5.81. The van der Waals surface area contributed by atoms with Gasteiger partial charge in [0, 0.05) is 18.2 Å². The average molecular weight is 414 g/mol. The molecule has 30 heavy (non-hydrogen) atoms. The molecule has 2 aromatic carbocycles. The second kappa shape index (κ2) is 8.67. The SMILES string of the molecule is Cc1ccc(N=Cc2c(SCc3ccccc3)nc3c(C)cccn3c2=O)c(C)c1. The molecular formula is C25H23N3OS. The first-order valence-corrected chi connectivity index (χ1v) is 10.8. The van der Waals surface area contributed by atoms with E-state index in [2.05, 4.69) is 30.1 Å². The van der Waals surface area contributed by atoms with Crippen LogP contribution in [0, 0.1) is 20.8 Å². The highest BCUT2D eigenvalue weighted by Gasteiger charge is 2.13. The first kappa shape index (κ1) is 20.1. The van der Waals surface area contributed by atoms with Crippen molar-refractivity contribution in [2.45, 2.75) is 31.6 Å². The minimum absolute atomic E-state index is 0.104. The van der Waals surface area contributed by atoms with Crippen LogP contribution in [0.5, 0.6) is 0 Å². The molecule has 150 valence electrons. The number of nitrogens with zero attached hydrogens (tertiary/aromatic N) is 3. The molecule has 4 aromatic rings. The summed E-state index contributed by atoms with van der Waals surface area (Å²) in [6.45, 7) is 6.05. The third-order valence-electron chi connectivity index (χ3n) is 4.95. The predicted molar refractivity (Wildman–Crippen MR) is 125 cm³/mol. The van der Waals surface area contributed by atoms with Gasteiger partial charge in [0.05, 0.1) is 11.3 Å². The number of aryl methyl sites for hydroxylation is 3. The maximum Gasteiger partial charge on any atom is 0.267 e. The number of benzene rings is 2. The molecule has 4 nitrogen and oxygen atoms in total. The topological polar surface area (TPSA) is 46.7 Å². The fraction of sp³-hybridized carbons (Fsp3) is 0.160. The quantitative estimate of drug-likeness (QED) is 0.241. The fourth-order valence-corrected chi connectivity index (χ4v) is 4.27. The Bertz CT molecular complexity index is 1290. The van der Waals surface area contributed by atoms with E-state index in [9.17, 15) is 4.79 Å². The maximum absolute atomic E-state index is 13.3. The fourth-order valence-electron chi connectivity index (χ4n) is 3.32. The second-order valence-corrected chi connectivity index (χ2v) is 8.31. The van der Waals surface area contributed by atoms with Crippen molar-refractivity contribution in [3.8, 4) is 0 Å². The Morgan fingerprint density at radius 2 is 1.80 bits per heavy atom. The van der Waals surface area contributed by atoms with Crippen molar-refractivity contribution in [2.24, 2.45) is 4.99 Å². The molecule has 0 saturated carbocycles. The summed E-state index contributed by atoms with van der Waals surface area (Å²) in [5, 5.41) is 0.701. The zero-order valence-corrected chi connectivity index (χ0v) is 18.1. The minimum atomic E-state index is -0.104. The van der Waals surface area contributed by atoms with Crippen LogP contribution in [-0.4, -0.2) is 15.6 Å². The van der Waals surface area contributed by atoms with Crippen molar-refractivity contribution in [3.63, 3.8) is 0 Å². The molecule has 0 saturated heterocycles. The monoisotopic (exact) mass is 413 g/mol. The van der Waals surface area contributed by atoms with E-state index in [-0.39, 0.29) is 5.56 Å². The number of fused-ring (bicyclic) bond motifs is 1. The molecule has 0 bridgehead atoms. The van der Waals surface area contributed by atoms with Crippen LogP contribution < -0.4 is 5.56 Å². The summed E-state index contributed by atoms with van der Waals surface area (Å²) in [5.41, 5.74) is 6.37. The van der Waals surface area contributed by atoms with Gasteiger partial charge in [-0.25, -0.2) is 4.98 Å². The molecule has 0 spiro atoms. The molecule has 0 aliphatic rings. The highest BCUT2D eigenvalue weighted by molar-refractivity contribution is 7.98. The van der Waals surface area contributed by atoms with Gasteiger partial charge in [0.2, 0.25) is 0 Å². The Labute approximate surface area is 180 Å². The van der Waals surface area contributed by atoms with Crippen LogP contribution in [-0.2, 0) is 5.75 Å². The number of pyridine rings is 1. The van der Waals surface area contributed by atoms with Gasteiger partial charge in [-0.2, -0.15) is 0 Å². The smallest absolute Gasteiger partial charge is 0.267 e. The molecule has 2 heterocycles. The number of hydrogen-bond acceptors (Lipinski definition) is 4. The summed E-state index contributed by atoms with van der Waals surface area (Å²) in [7, 11) is 0. The van der Waals surface area contributed by atoms with E-state index in [1.54, 1.807) is 28.6 Å². The highest BCUT2D eigenvalue weighted by Crippen LogP contribution is 2.25. The van der Waals surface area contributed by atoms with Crippen LogP contribution in [0.2, 0.25) is 0 Å². The summed E-state index contributed by atoms with van der Waals surface area (Å²) in [6, 6.07) is 20.1. The first-order chi connectivity index (χ1) is 14.5. The van der Waals surface area contributed by atoms with Crippen LogP contribution >= 0.6 is 11.8 Å². The van der Waals surface area contributed by atoms with E-state index in [1.807, 2.05) is 56.3 Å². The number of thioether (sulfide) groups is 1. The summed E-state index contributed by atoms with van der Waals surface area (Å²) >= 11 is 1.56. The molecule has 0 unspecified atom stereocenters. The normalized spacial score (nSPS) is 11.4. The molecule has 2 aromatic heterocycles. The van der Waals surface area contributed by atoms with Crippen LogP contribution in [0.15, 0.2) is 81.7 Å². The van der Waals surface area contributed by atoms with Crippen molar-refractivity contribution in [3.05, 3.63) is 105 Å². The molecule has 0 radical (unpaired) electrons. The number of aromatic nitrogens is 2. The number of hydrogen-bond donors (Lipinski definition) is 0. The molecule has 0 aliphatic heterocycles. The zero-order chi connectivity index (χ0) is 21.1. The summed E-state index contributed by atoms with van der Waals surface area (Å²) in [6.07, 6.45) is 3.42. The Morgan fingerprint density at radius 1 is 1.00 bits per heavy atom. The summed E-state index contributed by atoms with van der Waals surface area (Å²) in [4.78, 5) is 22.8. The second-order valence-electron chi connectivity index (χ2n) is 7.34. The molecule has 0 atom stereocenters.